The van der Waals surface area contributed by atoms with Crippen molar-refractivity contribution in [3.63, 3.8) is 0 Å². The molecule has 8 aliphatic rings. The van der Waals surface area contributed by atoms with Crippen molar-refractivity contribution in [1.82, 2.24) is 15.0 Å². The molecule has 172 valence electrons. The predicted molar refractivity (Wildman–Crippen MR) is 130 cm³/mol. The zero-order valence-electron chi connectivity index (χ0n) is 20.1. The van der Waals surface area contributed by atoms with Gasteiger partial charge in [-0.15, -0.1) is 0 Å². The van der Waals surface area contributed by atoms with E-state index in [1.54, 1.807) is 0 Å². The van der Waals surface area contributed by atoms with E-state index < -0.39 is 0 Å². The van der Waals surface area contributed by atoms with Crippen LogP contribution in [0.25, 0.3) is 11.4 Å². The molecular formula is C30H37N3. The number of aromatic nitrogens is 3. The number of aryl methyl sites for hydroxylation is 1. The fourth-order valence-corrected chi connectivity index (χ4v) is 10.5. The van der Waals surface area contributed by atoms with Crippen molar-refractivity contribution in [1.29, 1.82) is 0 Å². The molecule has 3 nitrogen and oxygen atoms in total. The number of nitrogens with zero attached hydrogens (tertiary/aromatic N) is 3. The smallest absolute Gasteiger partial charge is 0.163 e. The van der Waals surface area contributed by atoms with Crippen LogP contribution in [0.15, 0.2) is 24.3 Å². The van der Waals surface area contributed by atoms with Crippen molar-refractivity contribution in [2.24, 2.45) is 35.5 Å². The lowest BCUT2D eigenvalue weighted by Crippen LogP contribution is -2.51. The molecular weight excluding hydrogens is 402 g/mol. The highest BCUT2D eigenvalue weighted by atomic mass is 15.1. The number of hydrogen-bond acceptors (Lipinski definition) is 3. The first-order valence-electron chi connectivity index (χ1n) is 13.9. The molecule has 8 bridgehead atoms. The molecule has 33 heavy (non-hydrogen) atoms. The van der Waals surface area contributed by atoms with Crippen LogP contribution in [0.4, 0.5) is 0 Å². The Morgan fingerprint density at radius 1 is 0.545 bits per heavy atom. The second-order valence-electron chi connectivity index (χ2n) is 13.6. The van der Waals surface area contributed by atoms with E-state index in [0.29, 0.717) is 0 Å². The van der Waals surface area contributed by atoms with Crippen LogP contribution < -0.4 is 0 Å². The van der Waals surface area contributed by atoms with Crippen LogP contribution >= 0.6 is 0 Å². The fraction of sp³-hybridized carbons (Fsp3) is 0.700. The first-order valence-corrected chi connectivity index (χ1v) is 13.9. The van der Waals surface area contributed by atoms with Crippen LogP contribution in [-0.4, -0.2) is 15.0 Å². The molecule has 0 N–H and O–H groups in total. The van der Waals surface area contributed by atoms with Gasteiger partial charge in [-0.3, -0.25) is 0 Å². The Hall–Kier alpha value is -1.77. The minimum absolute atomic E-state index is 0.230. The molecule has 0 atom stereocenters. The zero-order chi connectivity index (χ0) is 21.8. The molecule has 8 aliphatic carbocycles. The SMILES string of the molecule is Cc1ccc(-c2nc(C34CC5CC(CC(C5)C3)C4)nc(C34CC5CC(CC(C5)C3)C4)n2)cc1. The molecule has 1 aromatic heterocycles. The zero-order valence-corrected chi connectivity index (χ0v) is 20.1. The first kappa shape index (κ1) is 19.5. The molecule has 2 aromatic rings. The van der Waals surface area contributed by atoms with Gasteiger partial charge in [0.2, 0.25) is 0 Å². The van der Waals surface area contributed by atoms with E-state index in [1.807, 2.05) is 0 Å². The Kier molecular flexibility index (Phi) is 3.95. The van der Waals surface area contributed by atoms with E-state index in [9.17, 15) is 0 Å². The van der Waals surface area contributed by atoms with Crippen molar-refractivity contribution in [3.05, 3.63) is 41.5 Å². The highest BCUT2D eigenvalue weighted by Gasteiger charge is 2.56. The van der Waals surface area contributed by atoms with E-state index in [2.05, 4.69) is 31.2 Å². The minimum atomic E-state index is 0.230. The number of hydrogen-bond donors (Lipinski definition) is 0. The fourth-order valence-electron chi connectivity index (χ4n) is 10.5. The van der Waals surface area contributed by atoms with Crippen LogP contribution in [0.1, 0.15) is 94.3 Å². The summed E-state index contributed by atoms with van der Waals surface area (Å²) in [4.78, 5) is 16.2. The Morgan fingerprint density at radius 3 is 1.27 bits per heavy atom. The second kappa shape index (κ2) is 6.67. The average Bonchev–Trinajstić information content (AvgIpc) is 2.77. The summed E-state index contributed by atoms with van der Waals surface area (Å²) in [5, 5.41) is 0. The summed E-state index contributed by atoms with van der Waals surface area (Å²) in [6.45, 7) is 2.17. The predicted octanol–water partition coefficient (Wildman–Crippen LogP) is 6.78. The van der Waals surface area contributed by atoms with Crippen molar-refractivity contribution < 1.29 is 0 Å². The molecule has 0 amide bonds. The Labute approximate surface area is 198 Å². The molecule has 0 spiro atoms. The normalized spacial score (nSPS) is 44.5. The van der Waals surface area contributed by atoms with Crippen LogP contribution in [0.3, 0.4) is 0 Å². The maximum Gasteiger partial charge on any atom is 0.163 e. The van der Waals surface area contributed by atoms with E-state index >= 15 is 0 Å². The van der Waals surface area contributed by atoms with E-state index in [-0.39, 0.29) is 10.8 Å². The largest absolute Gasteiger partial charge is 0.217 e. The third-order valence-corrected chi connectivity index (χ3v) is 11.0. The molecule has 0 unspecified atom stereocenters. The Bertz CT molecular complexity index is 967. The maximum absolute atomic E-state index is 5.53. The molecule has 1 heterocycles. The van der Waals surface area contributed by atoms with Gasteiger partial charge in [0.15, 0.2) is 5.82 Å². The van der Waals surface area contributed by atoms with Crippen molar-refractivity contribution in [2.45, 2.75) is 94.8 Å². The van der Waals surface area contributed by atoms with E-state index in [4.69, 9.17) is 15.0 Å². The lowest BCUT2D eigenvalue weighted by molar-refractivity contribution is -0.0155. The summed E-state index contributed by atoms with van der Waals surface area (Å²) in [5.74, 6) is 8.84. The molecule has 0 saturated heterocycles. The summed E-state index contributed by atoms with van der Waals surface area (Å²) in [6, 6.07) is 8.90. The quantitative estimate of drug-likeness (QED) is 0.529. The standard InChI is InChI=1S/C30H37N3/c1-18-2-4-25(5-3-18)26-31-27(29-12-19-6-20(13-29)8-21(7-19)14-29)33-28(32-26)30-15-22-9-23(16-30)11-24(10-22)17-30/h2-5,19-24H,6-17H2,1H3. The Morgan fingerprint density at radius 2 is 0.909 bits per heavy atom. The summed E-state index contributed by atoms with van der Waals surface area (Å²) in [7, 11) is 0. The number of rotatable bonds is 3. The monoisotopic (exact) mass is 439 g/mol. The molecule has 8 saturated carbocycles. The van der Waals surface area contributed by atoms with Gasteiger partial charge in [0.25, 0.3) is 0 Å². The first-order chi connectivity index (χ1) is 16.0. The molecule has 0 aliphatic heterocycles. The van der Waals surface area contributed by atoms with Gasteiger partial charge in [-0.2, -0.15) is 0 Å². The van der Waals surface area contributed by atoms with Crippen LogP contribution in [0.5, 0.6) is 0 Å². The van der Waals surface area contributed by atoms with Gasteiger partial charge in [0.05, 0.1) is 0 Å². The summed E-state index contributed by atoms with van der Waals surface area (Å²) >= 11 is 0. The lowest BCUT2D eigenvalue weighted by Gasteiger charge is -2.57. The van der Waals surface area contributed by atoms with Crippen molar-refractivity contribution in [3.8, 4) is 11.4 Å². The third-order valence-electron chi connectivity index (χ3n) is 11.0. The molecule has 1 aromatic carbocycles. The highest BCUT2D eigenvalue weighted by Crippen LogP contribution is 2.62. The highest BCUT2D eigenvalue weighted by molar-refractivity contribution is 5.55. The van der Waals surface area contributed by atoms with Crippen LogP contribution in [0, 0.1) is 42.4 Å². The van der Waals surface area contributed by atoms with Crippen LogP contribution in [0.2, 0.25) is 0 Å². The van der Waals surface area contributed by atoms with Crippen molar-refractivity contribution in [2.75, 3.05) is 0 Å². The molecule has 8 fully saturated rings. The van der Waals surface area contributed by atoms with Crippen LogP contribution in [-0.2, 0) is 10.8 Å². The molecule has 0 radical (unpaired) electrons. The topological polar surface area (TPSA) is 38.7 Å². The van der Waals surface area contributed by atoms with Gasteiger partial charge in [-0.1, -0.05) is 29.8 Å². The number of benzene rings is 1. The average molecular weight is 440 g/mol. The minimum Gasteiger partial charge on any atom is -0.217 e. The van der Waals surface area contributed by atoms with Gasteiger partial charge < -0.3 is 0 Å². The van der Waals surface area contributed by atoms with Gasteiger partial charge in [-0.05, 0) is 119 Å². The van der Waals surface area contributed by atoms with E-state index in [1.165, 1.54) is 99.8 Å². The van der Waals surface area contributed by atoms with Gasteiger partial charge in [0.1, 0.15) is 11.6 Å². The van der Waals surface area contributed by atoms with Gasteiger partial charge in [-0.25, -0.2) is 15.0 Å². The van der Waals surface area contributed by atoms with Crippen molar-refractivity contribution >= 4 is 0 Å². The third kappa shape index (κ3) is 2.96. The summed E-state index contributed by atoms with van der Waals surface area (Å²) < 4.78 is 0. The second-order valence-corrected chi connectivity index (χ2v) is 13.6. The van der Waals surface area contributed by atoms with Gasteiger partial charge in [0, 0.05) is 16.4 Å². The summed E-state index contributed by atoms with van der Waals surface area (Å²) in [6.07, 6.45) is 16.8. The molecule has 3 heteroatoms. The molecule has 10 rings (SSSR count). The van der Waals surface area contributed by atoms with E-state index in [0.717, 1.165) is 41.3 Å². The Balaban J connectivity index is 1.28. The summed E-state index contributed by atoms with van der Waals surface area (Å²) in [5.41, 5.74) is 2.94. The van der Waals surface area contributed by atoms with Gasteiger partial charge >= 0.3 is 0 Å². The lowest BCUT2D eigenvalue weighted by atomic mass is 9.49. The maximum atomic E-state index is 5.53.